The number of carbonyl (C=O) groups is 4. The number of carbonyl (C=O) groups excluding carboxylic acids is 4. The fraction of sp³-hybridized carbons (Fsp3) is 0.385. The van der Waals surface area contributed by atoms with Crippen LogP contribution in [0.3, 0.4) is 0 Å². The van der Waals surface area contributed by atoms with Crippen molar-refractivity contribution >= 4 is 55.4 Å². The number of esters is 2. The molecule has 3 rings (SSSR count). The van der Waals surface area contributed by atoms with Crippen LogP contribution in [0.25, 0.3) is 0 Å². The lowest BCUT2D eigenvalue weighted by molar-refractivity contribution is -0.164. The average Bonchev–Trinajstić information content (AvgIpc) is 3.06. The molecule has 0 N–H and O–H groups in total. The van der Waals surface area contributed by atoms with Crippen molar-refractivity contribution in [2.24, 2.45) is 16.7 Å². The first-order chi connectivity index (χ1) is 16.0. The minimum Gasteiger partial charge on any atom is -0.457 e. The van der Waals surface area contributed by atoms with Crippen molar-refractivity contribution < 1.29 is 28.7 Å². The summed E-state index contributed by atoms with van der Waals surface area (Å²) in [6.45, 7) is 4.65. The monoisotopic (exact) mass is 592 g/mol. The van der Waals surface area contributed by atoms with Crippen LogP contribution in [0.5, 0.6) is 0 Å². The maximum Gasteiger partial charge on any atom is 0.312 e. The molecule has 1 fully saturated rings. The van der Waals surface area contributed by atoms with Gasteiger partial charge < -0.3 is 9.47 Å². The fourth-order valence-electron chi connectivity index (χ4n) is 4.24. The molecule has 8 heteroatoms. The van der Waals surface area contributed by atoms with Crippen LogP contribution in [0.1, 0.15) is 54.3 Å². The lowest BCUT2D eigenvalue weighted by Crippen LogP contribution is -2.44. The second-order valence-corrected chi connectivity index (χ2v) is 11.0. The van der Waals surface area contributed by atoms with Gasteiger partial charge in [0, 0.05) is 20.1 Å². The Labute approximate surface area is 215 Å². The maximum atomic E-state index is 13.0. The Kier molecular flexibility index (Phi) is 8.14. The van der Waals surface area contributed by atoms with Crippen molar-refractivity contribution in [2.75, 3.05) is 13.2 Å². The van der Waals surface area contributed by atoms with Gasteiger partial charge in [0.15, 0.2) is 24.8 Å². The van der Waals surface area contributed by atoms with Crippen LogP contribution in [-0.4, -0.2) is 36.7 Å². The molecule has 0 amide bonds. The van der Waals surface area contributed by atoms with E-state index >= 15 is 0 Å². The molecule has 0 radical (unpaired) electrons. The van der Waals surface area contributed by atoms with Crippen LogP contribution in [0.15, 0.2) is 57.5 Å². The number of rotatable bonds is 8. The number of Topliss-reactive ketones (excluding diaryl/α,β-unsaturated/α-hetero) is 2. The van der Waals surface area contributed by atoms with Gasteiger partial charge in [0.2, 0.25) is 0 Å². The molecule has 180 valence electrons. The van der Waals surface area contributed by atoms with Crippen molar-refractivity contribution in [3.8, 4) is 0 Å². The van der Waals surface area contributed by atoms with Crippen LogP contribution in [0.2, 0.25) is 0 Å². The van der Waals surface area contributed by atoms with Crippen LogP contribution in [-0.2, 0) is 19.1 Å². The lowest BCUT2D eigenvalue weighted by atomic mass is 9.65. The summed E-state index contributed by atoms with van der Waals surface area (Å²) in [6, 6.07) is 13.6. The Morgan fingerprint density at radius 3 is 1.71 bits per heavy atom. The van der Waals surface area contributed by atoms with Crippen molar-refractivity contribution in [1.82, 2.24) is 0 Å². The van der Waals surface area contributed by atoms with Crippen molar-refractivity contribution in [3.05, 3.63) is 68.6 Å². The summed E-state index contributed by atoms with van der Waals surface area (Å²) in [5.74, 6) is -2.22. The van der Waals surface area contributed by atoms with Gasteiger partial charge in [-0.2, -0.15) is 0 Å². The van der Waals surface area contributed by atoms with Crippen molar-refractivity contribution in [1.29, 1.82) is 0 Å². The van der Waals surface area contributed by atoms with Crippen LogP contribution < -0.4 is 0 Å². The zero-order valence-corrected chi connectivity index (χ0v) is 22.4. The first-order valence-corrected chi connectivity index (χ1v) is 12.5. The third-order valence-electron chi connectivity index (χ3n) is 6.97. The molecule has 0 unspecified atom stereocenters. The zero-order valence-electron chi connectivity index (χ0n) is 19.2. The van der Waals surface area contributed by atoms with Crippen LogP contribution in [0.4, 0.5) is 0 Å². The normalized spacial score (nSPS) is 21.0. The molecule has 2 atom stereocenters. The third kappa shape index (κ3) is 5.49. The Balaban J connectivity index is 1.59. The van der Waals surface area contributed by atoms with Gasteiger partial charge in [0.25, 0.3) is 0 Å². The third-order valence-corrected chi connectivity index (χ3v) is 8.03. The quantitative estimate of drug-likeness (QED) is 0.284. The molecule has 2 aromatic carbocycles. The summed E-state index contributed by atoms with van der Waals surface area (Å²) < 4.78 is 12.4. The standard InChI is InChI=1S/C26H26Br2O6/c1-25(2)20(23(31)33-14-21(29)16-4-8-18(27)9-5-16)12-13-26(25,3)24(32)34-15-22(30)17-6-10-19(28)11-7-17/h4-11,20H,12-15H2,1-3H3/t20-,26+/m1/s1. The molecule has 1 saturated carbocycles. The molecule has 0 saturated heterocycles. The topological polar surface area (TPSA) is 86.7 Å². The minimum atomic E-state index is -0.980. The van der Waals surface area contributed by atoms with Gasteiger partial charge in [-0.1, -0.05) is 70.0 Å². The highest BCUT2D eigenvalue weighted by Crippen LogP contribution is 2.56. The lowest BCUT2D eigenvalue weighted by Gasteiger charge is -2.38. The number of hydrogen-bond acceptors (Lipinski definition) is 6. The Bertz CT molecular complexity index is 1090. The molecule has 0 bridgehead atoms. The predicted molar refractivity (Wildman–Crippen MR) is 133 cm³/mol. The van der Waals surface area contributed by atoms with Crippen LogP contribution in [0, 0.1) is 16.7 Å². The van der Waals surface area contributed by atoms with Gasteiger partial charge >= 0.3 is 11.9 Å². The second-order valence-electron chi connectivity index (χ2n) is 9.19. The molecular formula is C26H26Br2O6. The van der Waals surface area contributed by atoms with Crippen LogP contribution >= 0.6 is 31.9 Å². The Morgan fingerprint density at radius 1 is 0.794 bits per heavy atom. The molecule has 0 aliphatic heterocycles. The van der Waals surface area contributed by atoms with E-state index in [0.717, 1.165) is 8.95 Å². The summed E-state index contributed by atoms with van der Waals surface area (Å²) in [6.07, 6.45) is 0.830. The number of halogens is 2. The molecule has 1 aliphatic rings. The molecule has 0 aromatic heterocycles. The summed E-state index contributed by atoms with van der Waals surface area (Å²) in [4.78, 5) is 50.6. The average molecular weight is 594 g/mol. The minimum absolute atomic E-state index is 0.301. The van der Waals surface area contributed by atoms with Gasteiger partial charge in [0.1, 0.15) is 0 Å². The largest absolute Gasteiger partial charge is 0.457 e. The summed E-state index contributed by atoms with van der Waals surface area (Å²) >= 11 is 6.63. The summed E-state index contributed by atoms with van der Waals surface area (Å²) in [5, 5.41) is 0. The molecule has 0 heterocycles. The highest BCUT2D eigenvalue weighted by Gasteiger charge is 2.59. The number of ether oxygens (including phenoxy) is 2. The van der Waals surface area contributed by atoms with Gasteiger partial charge in [-0.25, -0.2) is 0 Å². The SMILES string of the molecule is CC1(C)[C@@H](C(=O)OCC(=O)c2ccc(Br)cc2)CC[C@@]1(C)C(=O)OCC(=O)c1ccc(Br)cc1. The number of hydrogen-bond donors (Lipinski definition) is 0. The van der Waals surface area contributed by atoms with E-state index in [1.165, 1.54) is 0 Å². The molecule has 1 aliphatic carbocycles. The van der Waals surface area contributed by atoms with E-state index in [9.17, 15) is 19.2 Å². The summed E-state index contributed by atoms with van der Waals surface area (Å²) in [7, 11) is 0. The first-order valence-electron chi connectivity index (χ1n) is 10.9. The summed E-state index contributed by atoms with van der Waals surface area (Å²) in [5.41, 5.74) is -0.871. The number of ketones is 2. The highest BCUT2D eigenvalue weighted by atomic mass is 79.9. The van der Waals surface area contributed by atoms with E-state index in [1.807, 2.05) is 13.8 Å². The number of benzene rings is 2. The first kappa shape index (κ1) is 26.3. The smallest absolute Gasteiger partial charge is 0.312 e. The van der Waals surface area contributed by atoms with Crippen molar-refractivity contribution in [2.45, 2.75) is 33.6 Å². The van der Waals surface area contributed by atoms with Gasteiger partial charge in [-0.15, -0.1) is 0 Å². The van der Waals surface area contributed by atoms with Gasteiger partial charge in [-0.3, -0.25) is 19.2 Å². The van der Waals surface area contributed by atoms with Gasteiger partial charge in [-0.05, 0) is 49.4 Å². The van der Waals surface area contributed by atoms with E-state index in [1.54, 1.807) is 55.5 Å². The van der Waals surface area contributed by atoms with E-state index in [-0.39, 0.29) is 24.8 Å². The van der Waals surface area contributed by atoms with Crippen molar-refractivity contribution in [3.63, 3.8) is 0 Å². The molecule has 0 spiro atoms. The molecule has 2 aromatic rings. The van der Waals surface area contributed by atoms with E-state index in [0.29, 0.717) is 24.0 Å². The molecule has 34 heavy (non-hydrogen) atoms. The molecular weight excluding hydrogens is 568 g/mol. The Hall–Kier alpha value is -2.32. The highest BCUT2D eigenvalue weighted by molar-refractivity contribution is 9.10. The molecule has 6 nitrogen and oxygen atoms in total. The zero-order chi connectivity index (χ0) is 25.1. The van der Waals surface area contributed by atoms with E-state index < -0.39 is 28.7 Å². The second kappa shape index (κ2) is 10.5. The van der Waals surface area contributed by atoms with E-state index in [2.05, 4.69) is 31.9 Å². The fourth-order valence-corrected chi connectivity index (χ4v) is 4.77. The van der Waals surface area contributed by atoms with Gasteiger partial charge in [0.05, 0.1) is 11.3 Å². The maximum absolute atomic E-state index is 13.0. The predicted octanol–water partition coefficient (Wildman–Crippen LogP) is 5.81. The van der Waals surface area contributed by atoms with E-state index in [4.69, 9.17) is 9.47 Å². The Morgan fingerprint density at radius 2 is 1.24 bits per heavy atom.